The SMILES string of the molecule is CC(=O)N(CCNS(=O)(=O)c1ccc(C(C)(C)C)cc1)c1cccc(C)c1. The van der Waals surface area contributed by atoms with Gasteiger partial charge in [0.05, 0.1) is 4.90 Å². The van der Waals surface area contributed by atoms with Gasteiger partial charge in [0.1, 0.15) is 0 Å². The summed E-state index contributed by atoms with van der Waals surface area (Å²) in [6.45, 7) is 10.1. The van der Waals surface area contributed by atoms with Crippen molar-refractivity contribution in [3.63, 3.8) is 0 Å². The lowest BCUT2D eigenvalue weighted by atomic mass is 9.87. The van der Waals surface area contributed by atoms with Crippen LogP contribution in [0.2, 0.25) is 0 Å². The topological polar surface area (TPSA) is 66.5 Å². The zero-order valence-corrected chi connectivity index (χ0v) is 17.4. The smallest absolute Gasteiger partial charge is 0.240 e. The van der Waals surface area contributed by atoms with Gasteiger partial charge in [0.25, 0.3) is 0 Å². The van der Waals surface area contributed by atoms with Crippen LogP contribution in [0.3, 0.4) is 0 Å². The lowest BCUT2D eigenvalue weighted by molar-refractivity contribution is -0.116. The van der Waals surface area contributed by atoms with E-state index in [1.807, 2.05) is 43.3 Å². The molecule has 1 N–H and O–H groups in total. The van der Waals surface area contributed by atoms with Crippen LogP contribution < -0.4 is 9.62 Å². The molecule has 0 bridgehead atoms. The van der Waals surface area contributed by atoms with E-state index in [-0.39, 0.29) is 29.3 Å². The molecule has 146 valence electrons. The van der Waals surface area contributed by atoms with Crippen molar-refractivity contribution in [3.05, 3.63) is 59.7 Å². The molecule has 2 aromatic rings. The molecule has 0 aliphatic heterocycles. The number of nitrogens with zero attached hydrogens (tertiary/aromatic N) is 1. The van der Waals surface area contributed by atoms with E-state index in [9.17, 15) is 13.2 Å². The van der Waals surface area contributed by atoms with E-state index in [1.54, 1.807) is 17.0 Å². The number of aryl methyl sites for hydroxylation is 1. The first-order valence-electron chi connectivity index (χ1n) is 8.96. The van der Waals surface area contributed by atoms with Crippen LogP contribution in [0, 0.1) is 6.92 Å². The molecule has 6 heteroatoms. The summed E-state index contributed by atoms with van der Waals surface area (Å²) in [6, 6.07) is 14.5. The zero-order chi connectivity index (χ0) is 20.2. The van der Waals surface area contributed by atoms with E-state index in [0.29, 0.717) is 0 Å². The van der Waals surface area contributed by atoms with Crippen molar-refractivity contribution >= 4 is 21.6 Å². The summed E-state index contributed by atoms with van der Waals surface area (Å²) in [7, 11) is -3.62. The van der Waals surface area contributed by atoms with Crippen molar-refractivity contribution < 1.29 is 13.2 Å². The van der Waals surface area contributed by atoms with Crippen LogP contribution in [-0.4, -0.2) is 27.4 Å². The van der Waals surface area contributed by atoms with Gasteiger partial charge in [0.2, 0.25) is 15.9 Å². The number of anilines is 1. The summed E-state index contributed by atoms with van der Waals surface area (Å²) >= 11 is 0. The van der Waals surface area contributed by atoms with E-state index in [1.165, 1.54) is 6.92 Å². The van der Waals surface area contributed by atoms with E-state index in [2.05, 4.69) is 25.5 Å². The van der Waals surface area contributed by atoms with Gasteiger partial charge >= 0.3 is 0 Å². The van der Waals surface area contributed by atoms with Crippen LogP contribution in [0.4, 0.5) is 5.69 Å². The van der Waals surface area contributed by atoms with Crippen LogP contribution in [0.5, 0.6) is 0 Å². The number of nitrogens with one attached hydrogen (secondary N) is 1. The predicted octanol–water partition coefficient (Wildman–Crippen LogP) is 3.62. The highest BCUT2D eigenvalue weighted by atomic mass is 32.2. The highest BCUT2D eigenvalue weighted by molar-refractivity contribution is 7.89. The van der Waals surface area contributed by atoms with Crippen LogP contribution in [-0.2, 0) is 20.2 Å². The fourth-order valence-electron chi connectivity index (χ4n) is 2.77. The van der Waals surface area contributed by atoms with Crippen molar-refractivity contribution in [3.8, 4) is 0 Å². The largest absolute Gasteiger partial charge is 0.311 e. The Morgan fingerprint density at radius 2 is 1.70 bits per heavy atom. The average Bonchev–Trinajstić information content (AvgIpc) is 2.57. The van der Waals surface area contributed by atoms with Gasteiger partial charge in [-0.3, -0.25) is 4.79 Å². The molecular formula is C21H28N2O3S. The molecule has 0 spiro atoms. The number of amides is 1. The minimum absolute atomic E-state index is 0.0362. The van der Waals surface area contributed by atoms with Crippen LogP contribution in [0.15, 0.2) is 53.4 Å². The van der Waals surface area contributed by atoms with Crippen molar-refractivity contribution in [2.75, 3.05) is 18.0 Å². The number of carbonyl (C=O) groups excluding carboxylic acids is 1. The standard InChI is InChI=1S/C21H28N2O3S/c1-16-7-6-8-19(15-16)23(17(2)24)14-13-22-27(25,26)20-11-9-18(10-12-20)21(3,4)5/h6-12,15,22H,13-14H2,1-5H3. The molecule has 2 rings (SSSR count). The Kier molecular flexibility index (Phi) is 6.44. The minimum atomic E-state index is -3.62. The second kappa shape index (κ2) is 8.23. The van der Waals surface area contributed by atoms with Gasteiger partial charge in [-0.05, 0) is 47.7 Å². The highest BCUT2D eigenvalue weighted by Gasteiger charge is 2.18. The molecule has 0 unspecified atom stereocenters. The Bertz CT molecular complexity index is 898. The molecule has 0 heterocycles. The third-order valence-corrected chi connectivity index (χ3v) is 5.83. The molecule has 0 aromatic heterocycles. The number of benzene rings is 2. The van der Waals surface area contributed by atoms with Gasteiger partial charge in [-0.1, -0.05) is 45.0 Å². The quantitative estimate of drug-likeness (QED) is 0.822. The zero-order valence-electron chi connectivity index (χ0n) is 16.6. The maximum absolute atomic E-state index is 12.5. The van der Waals surface area contributed by atoms with E-state index < -0.39 is 10.0 Å². The van der Waals surface area contributed by atoms with Gasteiger partial charge in [0, 0.05) is 25.7 Å². The number of rotatable bonds is 6. The van der Waals surface area contributed by atoms with Crippen LogP contribution in [0.1, 0.15) is 38.8 Å². The molecule has 27 heavy (non-hydrogen) atoms. The first-order valence-corrected chi connectivity index (χ1v) is 10.4. The number of hydrogen-bond acceptors (Lipinski definition) is 3. The van der Waals surface area contributed by atoms with Crippen molar-refractivity contribution in [1.29, 1.82) is 0 Å². The molecule has 2 aromatic carbocycles. The van der Waals surface area contributed by atoms with E-state index in [0.717, 1.165) is 16.8 Å². The highest BCUT2D eigenvalue weighted by Crippen LogP contribution is 2.23. The molecule has 0 aliphatic rings. The fourth-order valence-corrected chi connectivity index (χ4v) is 3.79. The summed E-state index contributed by atoms with van der Waals surface area (Å²) in [5.74, 6) is -0.130. The number of hydrogen-bond donors (Lipinski definition) is 1. The molecular weight excluding hydrogens is 360 g/mol. The summed E-state index contributed by atoms with van der Waals surface area (Å²) in [6.07, 6.45) is 0. The van der Waals surface area contributed by atoms with Crippen molar-refractivity contribution in [2.45, 2.75) is 44.9 Å². The maximum atomic E-state index is 12.5. The lowest BCUT2D eigenvalue weighted by Gasteiger charge is -2.22. The Labute approximate surface area is 162 Å². The Balaban J connectivity index is 2.06. The molecule has 5 nitrogen and oxygen atoms in total. The van der Waals surface area contributed by atoms with E-state index >= 15 is 0 Å². The molecule has 0 saturated carbocycles. The number of sulfonamides is 1. The molecule has 1 amide bonds. The van der Waals surface area contributed by atoms with Gasteiger partial charge in [-0.15, -0.1) is 0 Å². The molecule has 0 aliphatic carbocycles. The first-order chi connectivity index (χ1) is 12.5. The van der Waals surface area contributed by atoms with Crippen molar-refractivity contribution in [1.82, 2.24) is 4.72 Å². The predicted molar refractivity (Wildman–Crippen MR) is 110 cm³/mol. The Morgan fingerprint density at radius 1 is 1.07 bits per heavy atom. The van der Waals surface area contributed by atoms with Gasteiger partial charge in [-0.25, -0.2) is 13.1 Å². The van der Waals surface area contributed by atoms with Gasteiger partial charge in [-0.2, -0.15) is 0 Å². The second-order valence-corrected chi connectivity index (χ2v) is 9.45. The summed E-state index contributed by atoms with van der Waals surface area (Å²) in [4.78, 5) is 13.8. The lowest BCUT2D eigenvalue weighted by Crippen LogP contribution is -2.37. The molecule has 0 atom stereocenters. The molecule has 0 fully saturated rings. The number of carbonyl (C=O) groups is 1. The van der Waals surface area contributed by atoms with Gasteiger partial charge < -0.3 is 4.90 Å². The average molecular weight is 389 g/mol. The van der Waals surface area contributed by atoms with Crippen molar-refractivity contribution in [2.24, 2.45) is 0 Å². The normalized spacial score (nSPS) is 12.0. The Morgan fingerprint density at radius 3 is 2.22 bits per heavy atom. The van der Waals surface area contributed by atoms with Crippen LogP contribution in [0.25, 0.3) is 0 Å². The first kappa shape index (κ1) is 21.1. The maximum Gasteiger partial charge on any atom is 0.240 e. The van der Waals surface area contributed by atoms with E-state index in [4.69, 9.17) is 0 Å². The Hall–Kier alpha value is -2.18. The molecule has 0 radical (unpaired) electrons. The summed E-state index contributed by atoms with van der Waals surface area (Å²) in [5, 5.41) is 0. The monoisotopic (exact) mass is 388 g/mol. The minimum Gasteiger partial charge on any atom is -0.311 e. The van der Waals surface area contributed by atoms with Crippen LogP contribution >= 0.6 is 0 Å². The second-order valence-electron chi connectivity index (χ2n) is 7.68. The third kappa shape index (κ3) is 5.65. The third-order valence-electron chi connectivity index (χ3n) is 4.35. The fraction of sp³-hybridized carbons (Fsp3) is 0.381. The summed E-state index contributed by atoms with van der Waals surface area (Å²) in [5.41, 5.74) is 2.84. The van der Waals surface area contributed by atoms with Gasteiger partial charge in [0.15, 0.2) is 0 Å². The summed E-state index contributed by atoms with van der Waals surface area (Å²) < 4.78 is 27.6. The molecule has 0 saturated heterocycles.